The van der Waals surface area contributed by atoms with Gasteiger partial charge in [0.25, 0.3) is 0 Å². The summed E-state index contributed by atoms with van der Waals surface area (Å²) in [6, 6.07) is 5.05. The normalized spacial score (nSPS) is 17.7. The van der Waals surface area contributed by atoms with E-state index in [9.17, 15) is 4.39 Å². The highest BCUT2D eigenvalue weighted by atomic mass is 19.1. The quantitative estimate of drug-likeness (QED) is 0.716. The second-order valence-corrected chi connectivity index (χ2v) is 4.22. The average molecular weight is 208 g/mol. The fourth-order valence-electron chi connectivity index (χ4n) is 2.38. The molecule has 0 aromatic heterocycles. The number of halogens is 1. The van der Waals surface area contributed by atoms with Crippen LogP contribution in [-0.4, -0.2) is 7.11 Å². The Bertz CT molecular complexity index is 329. The Hall–Kier alpha value is -1.05. The maximum atomic E-state index is 13.6. The van der Waals surface area contributed by atoms with Crippen LogP contribution in [0.2, 0.25) is 0 Å². The van der Waals surface area contributed by atoms with E-state index in [1.54, 1.807) is 13.2 Å². The molecule has 15 heavy (non-hydrogen) atoms. The molecule has 1 saturated carbocycles. The van der Waals surface area contributed by atoms with Crippen LogP contribution >= 0.6 is 0 Å². The first-order chi connectivity index (χ1) is 7.31. The molecule has 1 fully saturated rings. The van der Waals surface area contributed by atoms with Crippen LogP contribution < -0.4 is 4.74 Å². The Morgan fingerprint density at radius 1 is 1.20 bits per heavy atom. The zero-order chi connectivity index (χ0) is 10.7. The van der Waals surface area contributed by atoms with Crippen molar-refractivity contribution in [3.63, 3.8) is 0 Å². The third-order valence-electron chi connectivity index (χ3n) is 3.25. The topological polar surface area (TPSA) is 9.23 Å². The van der Waals surface area contributed by atoms with Gasteiger partial charge in [-0.3, -0.25) is 0 Å². The molecule has 0 atom stereocenters. The van der Waals surface area contributed by atoms with E-state index in [0.29, 0.717) is 5.92 Å². The number of rotatable bonds is 2. The molecule has 2 rings (SSSR count). The van der Waals surface area contributed by atoms with Crippen molar-refractivity contribution in [1.29, 1.82) is 0 Å². The first kappa shape index (κ1) is 10.5. The number of ether oxygens (including phenoxy) is 1. The van der Waals surface area contributed by atoms with Crippen LogP contribution in [0.25, 0.3) is 0 Å². The van der Waals surface area contributed by atoms with Crippen LogP contribution in [0.4, 0.5) is 4.39 Å². The highest BCUT2D eigenvalue weighted by Gasteiger charge is 2.19. The lowest BCUT2D eigenvalue weighted by molar-refractivity contribution is 0.403. The van der Waals surface area contributed by atoms with Crippen molar-refractivity contribution < 1.29 is 9.13 Å². The highest BCUT2D eigenvalue weighted by molar-refractivity contribution is 5.32. The van der Waals surface area contributed by atoms with Crippen LogP contribution in [0, 0.1) is 5.82 Å². The van der Waals surface area contributed by atoms with Crippen LogP contribution in [0.5, 0.6) is 5.75 Å². The lowest BCUT2D eigenvalue weighted by atomic mass is 9.84. The summed E-state index contributed by atoms with van der Waals surface area (Å²) in [4.78, 5) is 0. The number of methoxy groups -OCH3 is 1. The minimum absolute atomic E-state index is 0.0808. The van der Waals surface area contributed by atoms with Crippen molar-refractivity contribution in [1.82, 2.24) is 0 Å². The second-order valence-electron chi connectivity index (χ2n) is 4.22. The smallest absolute Gasteiger partial charge is 0.126 e. The van der Waals surface area contributed by atoms with Crippen molar-refractivity contribution in [2.24, 2.45) is 0 Å². The summed E-state index contributed by atoms with van der Waals surface area (Å²) in [6.45, 7) is 0. The molecule has 2 heteroatoms. The summed E-state index contributed by atoms with van der Waals surface area (Å²) in [6.07, 6.45) is 5.97. The third kappa shape index (κ3) is 2.31. The molecule has 0 bridgehead atoms. The standard InChI is InChI=1S/C13H17FO/c1-15-11-7-8-13(14)12(9-11)10-5-3-2-4-6-10/h7-10H,2-6H2,1H3. The molecule has 0 spiro atoms. The molecule has 0 unspecified atom stereocenters. The molecule has 1 aliphatic rings. The molecule has 0 amide bonds. The zero-order valence-electron chi connectivity index (χ0n) is 9.13. The lowest BCUT2D eigenvalue weighted by Gasteiger charge is -2.22. The molecule has 1 aromatic rings. The Morgan fingerprint density at radius 3 is 2.60 bits per heavy atom. The van der Waals surface area contributed by atoms with E-state index in [1.165, 1.54) is 25.3 Å². The van der Waals surface area contributed by atoms with Crippen LogP contribution in [0.3, 0.4) is 0 Å². The maximum absolute atomic E-state index is 13.6. The summed E-state index contributed by atoms with van der Waals surface area (Å²) >= 11 is 0. The van der Waals surface area contributed by atoms with Gasteiger partial charge in [0.1, 0.15) is 11.6 Å². The van der Waals surface area contributed by atoms with E-state index >= 15 is 0 Å². The first-order valence-electron chi connectivity index (χ1n) is 5.64. The largest absolute Gasteiger partial charge is 0.497 e. The van der Waals surface area contributed by atoms with Gasteiger partial charge in [-0.1, -0.05) is 19.3 Å². The summed E-state index contributed by atoms with van der Waals surface area (Å²) < 4.78 is 18.8. The van der Waals surface area contributed by atoms with Gasteiger partial charge in [0, 0.05) is 0 Å². The SMILES string of the molecule is COc1ccc(F)c(C2CCCCC2)c1. The number of hydrogen-bond donors (Lipinski definition) is 0. The summed E-state index contributed by atoms with van der Waals surface area (Å²) in [7, 11) is 1.62. The Kier molecular flexibility index (Phi) is 3.24. The molecular formula is C13H17FO. The first-order valence-corrected chi connectivity index (χ1v) is 5.64. The van der Waals surface area contributed by atoms with E-state index in [-0.39, 0.29) is 5.82 Å². The molecule has 0 radical (unpaired) electrons. The van der Waals surface area contributed by atoms with Gasteiger partial charge in [-0.15, -0.1) is 0 Å². The molecule has 0 aliphatic heterocycles. The number of benzene rings is 1. The lowest BCUT2D eigenvalue weighted by Crippen LogP contribution is -2.06. The minimum atomic E-state index is -0.0808. The molecular weight excluding hydrogens is 191 g/mol. The number of hydrogen-bond acceptors (Lipinski definition) is 1. The van der Waals surface area contributed by atoms with E-state index in [1.807, 2.05) is 6.07 Å². The van der Waals surface area contributed by atoms with E-state index in [2.05, 4.69) is 0 Å². The van der Waals surface area contributed by atoms with Gasteiger partial charge in [-0.25, -0.2) is 4.39 Å². The van der Waals surface area contributed by atoms with Crippen LogP contribution in [-0.2, 0) is 0 Å². The van der Waals surface area contributed by atoms with Gasteiger partial charge in [-0.2, -0.15) is 0 Å². The Morgan fingerprint density at radius 2 is 1.93 bits per heavy atom. The van der Waals surface area contributed by atoms with Gasteiger partial charge >= 0.3 is 0 Å². The minimum Gasteiger partial charge on any atom is -0.497 e. The summed E-state index contributed by atoms with van der Waals surface area (Å²) in [5.74, 6) is 1.08. The predicted octanol–water partition coefficient (Wildman–Crippen LogP) is 3.88. The molecule has 82 valence electrons. The highest BCUT2D eigenvalue weighted by Crippen LogP contribution is 2.35. The zero-order valence-corrected chi connectivity index (χ0v) is 9.13. The van der Waals surface area contributed by atoms with E-state index in [4.69, 9.17) is 4.74 Å². The van der Waals surface area contributed by atoms with E-state index in [0.717, 1.165) is 24.2 Å². The molecule has 0 saturated heterocycles. The fourth-order valence-corrected chi connectivity index (χ4v) is 2.38. The molecule has 1 aromatic carbocycles. The van der Waals surface area contributed by atoms with Gasteiger partial charge < -0.3 is 4.74 Å². The van der Waals surface area contributed by atoms with Gasteiger partial charge in [-0.05, 0) is 42.5 Å². The fraction of sp³-hybridized carbons (Fsp3) is 0.538. The van der Waals surface area contributed by atoms with Crippen molar-refractivity contribution in [3.8, 4) is 5.75 Å². The Labute approximate surface area is 90.3 Å². The summed E-state index contributed by atoms with van der Waals surface area (Å²) in [5, 5.41) is 0. The molecule has 1 nitrogen and oxygen atoms in total. The van der Waals surface area contributed by atoms with Crippen molar-refractivity contribution >= 4 is 0 Å². The predicted molar refractivity (Wildman–Crippen MR) is 58.8 cm³/mol. The molecule has 1 aliphatic carbocycles. The summed E-state index contributed by atoms with van der Waals surface area (Å²) in [5.41, 5.74) is 0.842. The van der Waals surface area contributed by atoms with Crippen LogP contribution in [0.1, 0.15) is 43.6 Å². The van der Waals surface area contributed by atoms with Crippen LogP contribution in [0.15, 0.2) is 18.2 Å². The average Bonchev–Trinajstić information content (AvgIpc) is 2.31. The van der Waals surface area contributed by atoms with E-state index < -0.39 is 0 Å². The van der Waals surface area contributed by atoms with Gasteiger partial charge in [0.15, 0.2) is 0 Å². The maximum Gasteiger partial charge on any atom is 0.126 e. The van der Waals surface area contributed by atoms with Crippen molar-refractivity contribution in [3.05, 3.63) is 29.6 Å². The molecule has 0 heterocycles. The van der Waals surface area contributed by atoms with Crippen molar-refractivity contribution in [2.75, 3.05) is 7.11 Å². The third-order valence-corrected chi connectivity index (χ3v) is 3.25. The Balaban J connectivity index is 2.24. The monoisotopic (exact) mass is 208 g/mol. The van der Waals surface area contributed by atoms with Gasteiger partial charge in [0.05, 0.1) is 7.11 Å². The van der Waals surface area contributed by atoms with Gasteiger partial charge in [0.2, 0.25) is 0 Å². The second kappa shape index (κ2) is 4.65. The van der Waals surface area contributed by atoms with Crippen molar-refractivity contribution in [2.45, 2.75) is 38.0 Å². The molecule has 0 N–H and O–H groups in total.